The van der Waals surface area contributed by atoms with Crippen LogP contribution in [-0.4, -0.2) is 31.5 Å². The maximum atomic E-state index is 12.4. The number of sulfonamides is 1. The number of hydrogen-bond acceptors (Lipinski definition) is 4. The Kier molecular flexibility index (Phi) is 4.93. The molecule has 0 aliphatic rings. The Hall–Kier alpha value is -1.21. The minimum atomic E-state index is -3.47. The molecule has 2 aromatic rings. The highest BCUT2D eigenvalue weighted by molar-refractivity contribution is 7.89. The Morgan fingerprint density at radius 2 is 1.90 bits per heavy atom. The van der Waals surface area contributed by atoms with E-state index in [1.165, 1.54) is 15.6 Å². The second kappa shape index (κ2) is 6.49. The van der Waals surface area contributed by atoms with E-state index in [2.05, 4.69) is 0 Å². The van der Waals surface area contributed by atoms with Crippen LogP contribution in [0.3, 0.4) is 0 Å². The molecule has 6 heteroatoms. The van der Waals surface area contributed by atoms with Crippen LogP contribution in [0, 0.1) is 0 Å². The molecule has 1 N–H and O–H groups in total. The van der Waals surface area contributed by atoms with Crippen LogP contribution in [0.25, 0.3) is 0 Å². The SMILES string of the molecule is CN(Cc1cccs1)S(=O)(=O)c1ccc(CCO)cc1. The highest BCUT2D eigenvalue weighted by atomic mass is 32.2. The minimum absolute atomic E-state index is 0.0599. The van der Waals surface area contributed by atoms with E-state index in [-0.39, 0.29) is 11.5 Å². The Morgan fingerprint density at radius 3 is 2.45 bits per heavy atom. The van der Waals surface area contributed by atoms with Gasteiger partial charge in [0.25, 0.3) is 0 Å². The number of aliphatic hydroxyl groups excluding tert-OH is 1. The number of hydrogen-bond donors (Lipinski definition) is 1. The summed E-state index contributed by atoms with van der Waals surface area (Å²) in [4.78, 5) is 1.28. The van der Waals surface area contributed by atoms with Crippen molar-refractivity contribution in [3.05, 3.63) is 52.2 Å². The summed E-state index contributed by atoms with van der Waals surface area (Å²) in [6.45, 7) is 0.433. The number of aliphatic hydroxyl groups is 1. The molecule has 20 heavy (non-hydrogen) atoms. The molecule has 0 aliphatic heterocycles. The molecule has 0 saturated carbocycles. The first-order chi connectivity index (χ1) is 9.54. The van der Waals surface area contributed by atoms with Gasteiger partial charge in [0.1, 0.15) is 0 Å². The summed E-state index contributed by atoms with van der Waals surface area (Å²) in [5, 5.41) is 10.8. The average molecular weight is 311 g/mol. The minimum Gasteiger partial charge on any atom is -0.396 e. The molecule has 0 fully saturated rings. The summed E-state index contributed by atoms with van der Waals surface area (Å²) in [6.07, 6.45) is 0.533. The van der Waals surface area contributed by atoms with Crippen LogP contribution in [0.1, 0.15) is 10.4 Å². The van der Waals surface area contributed by atoms with Crippen LogP contribution in [0.5, 0.6) is 0 Å². The lowest BCUT2D eigenvalue weighted by Gasteiger charge is -2.16. The zero-order valence-electron chi connectivity index (χ0n) is 11.2. The van der Waals surface area contributed by atoms with E-state index in [1.807, 2.05) is 17.5 Å². The predicted octanol–water partition coefficient (Wildman–Crippen LogP) is 2.10. The second-order valence-electron chi connectivity index (χ2n) is 4.46. The molecule has 1 aromatic heterocycles. The van der Waals surface area contributed by atoms with Gasteiger partial charge in [-0.1, -0.05) is 18.2 Å². The Morgan fingerprint density at radius 1 is 1.20 bits per heavy atom. The third-order valence-electron chi connectivity index (χ3n) is 2.99. The lowest BCUT2D eigenvalue weighted by molar-refractivity contribution is 0.299. The number of rotatable bonds is 6. The maximum Gasteiger partial charge on any atom is 0.243 e. The van der Waals surface area contributed by atoms with E-state index < -0.39 is 10.0 Å². The molecular formula is C14H17NO3S2. The van der Waals surface area contributed by atoms with Crippen molar-refractivity contribution in [1.29, 1.82) is 0 Å². The van der Waals surface area contributed by atoms with Crippen molar-refractivity contribution in [1.82, 2.24) is 4.31 Å². The molecule has 0 spiro atoms. The fraction of sp³-hybridized carbons (Fsp3) is 0.286. The van der Waals surface area contributed by atoms with E-state index in [0.29, 0.717) is 13.0 Å². The van der Waals surface area contributed by atoms with Gasteiger partial charge in [0.2, 0.25) is 10.0 Å². The van der Waals surface area contributed by atoms with E-state index in [9.17, 15) is 8.42 Å². The molecule has 0 amide bonds. The zero-order chi connectivity index (χ0) is 14.6. The lowest BCUT2D eigenvalue weighted by atomic mass is 10.2. The van der Waals surface area contributed by atoms with Crippen LogP contribution >= 0.6 is 11.3 Å². The lowest BCUT2D eigenvalue weighted by Crippen LogP contribution is -2.26. The summed E-state index contributed by atoms with van der Waals surface area (Å²) in [5.74, 6) is 0. The molecule has 0 atom stereocenters. The molecule has 0 radical (unpaired) electrons. The Balaban J connectivity index is 2.16. The first-order valence-corrected chi connectivity index (χ1v) is 8.54. The van der Waals surface area contributed by atoms with Crippen LogP contribution in [-0.2, 0) is 23.0 Å². The number of nitrogens with zero attached hydrogens (tertiary/aromatic N) is 1. The number of benzene rings is 1. The van der Waals surface area contributed by atoms with Gasteiger partial charge in [-0.2, -0.15) is 4.31 Å². The van der Waals surface area contributed by atoms with Crippen molar-refractivity contribution in [2.24, 2.45) is 0 Å². The highest BCUT2D eigenvalue weighted by Crippen LogP contribution is 2.19. The van der Waals surface area contributed by atoms with Crippen LogP contribution in [0.15, 0.2) is 46.7 Å². The third-order valence-corrected chi connectivity index (χ3v) is 5.67. The van der Waals surface area contributed by atoms with E-state index >= 15 is 0 Å². The topological polar surface area (TPSA) is 57.6 Å². The molecule has 2 rings (SSSR count). The quantitative estimate of drug-likeness (QED) is 0.889. The maximum absolute atomic E-state index is 12.4. The first-order valence-electron chi connectivity index (χ1n) is 6.22. The van der Waals surface area contributed by atoms with Crippen molar-refractivity contribution < 1.29 is 13.5 Å². The van der Waals surface area contributed by atoms with Crippen LogP contribution in [0.2, 0.25) is 0 Å². The van der Waals surface area contributed by atoms with E-state index in [1.54, 1.807) is 31.3 Å². The summed E-state index contributed by atoms with van der Waals surface area (Å²) in [6, 6.07) is 10.5. The van der Waals surface area contributed by atoms with Crippen molar-refractivity contribution in [3.63, 3.8) is 0 Å². The van der Waals surface area contributed by atoms with Gasteiger partial charge >= 0.3 is 0 Å². The molecule has 0 saturated heterocycles. The summed E-state index contributed by atoms with van der Waals surface area (Å²) in [5.41, 5.74) is 0.923. The van der Waals surface area contributed by atoms with Crippen molar-refractivity contribution in [2.45, 2.75) is 17.9 Å². The van der Waals surface area contributed by atoms with Crippen LogP contribution < -0.4 is 0 Å². The third kappa shape index (κ3) is 3.46. The molecule has 4 nitrogen and oxygen atoms in total. The van der Waals surface area contributed by atoms with Gasteiger partial charge in [-0.25, -0.2) is 8.42 Å². The molecule has 108 valence electrons. The highest BCUT2D eigenvalue weighted by Gasteiger charge is 2.20. The Labute approximate surface area is 123 Å². The molecular weight excluding hydrogens is 294 g/mol. The van der Waals surface area contributed by atoms with Gasteiger partial charge in [-0.15, -0.1) is 11.3 Å². The second-order valence-corrected chi connectivity index (χ2v) is 7.54. The fourth-order valence-electron chi connectivity index (χ4n) is 1.84. The molecule has 0 aliphatic carbocycles. The van der Waals surface area contributed by atoms with Gasteiger partial charge in [-0.05, 0) is 35.6 Å². The van der Waals surface area contributed by atoms with Crippen molar-refractivity contribution >= 4 is 21.4 Å². The summed E-state index contributed by atoms with van der Waals surface area (Å²) < 4.78 is 26.2. The van der Waals surface area contributed by atoms with E-state index in [0.717, 1.165) is 10.4 Å². The fourth-order valence-corrected chi connectivity index (χ4v) is 3.83. The normalized spacial score (nSPS) is 11.9. The van der Waals surface area contributed by atoms with E-state index in [4.69, 9.17) is 5.11 Å². The smallest absolute Gasteiger partial charge is 0.243 e. The van der Waals surface area contributed by atoms with Crippen molar-refractivity contribution in [2.75, 3.05) is 13.7 Å². The molecule has 1 aromatic carbocycles. The zero-order valence-corrected chi connectivity index (χ0v) is 12.8. The molecule has 1 heterocycles. The summed E-state index contributed by atoms with van der Waals surface area (Å²) >= 11 is 1.54. The van der Waals surface area contributed by atoms with Gasteiger partial charge in [-0.3, -0.25) is 0 Å². The Bertz CT molecular complexity index is 634. The standard InChI is InChI=1S/C14H17NO3S2/c1-15(11-13-3-2-10-19-13)20(17,18)14-6-4-12(5-7-14)8-9-16/h2-7,10,16H,8-9,11H2,1H3. The summed E-state index contributed by atoms with van der Waals surface area (Å²) in [7, 11) is -1.89. The first kappa shape index (κ1) is 15.2. The molecule has 0 unspecified atom stereocenters. The molecule has 0 bridgehead atoms. The predicted molar refractivity (Wildman–Crippen MR) is 80.2 cm³/mol. The number of thiophene rings is 1. The van der Waals surface area contributed by atoms with Gasteiger partial charge in [0.15, 0.2) is 0 Å². The van der Waals surface area contributed by atoms with Gasteiger partial charge in [0.05, 0.1) is 4.90 Å². The van der Waals surface area contributed by atoms with Gasteiger partial charge < -0.3 is 5.11 Å². The van der Waals surface area contributed by atoms with Gasteiger partial charge in [0, 0.05) is 25.1 Å². The average Bonchev–Trinajstić information content (AvgIpc) is 2.92. The van der Waals surface area contributed by atoms with Crippen molar-refractivity contribution in [3.8, 4) is 0 Å². The van der Waals surface area contributed by atoms with Crippen LogP contribution in [0.4, 0.5) is 0 Å². The largest absolute Gasteiger partial charge is 0.396 e. The monoisotopic (exact) mass is 311 g/mol.